The molecular weight excluding hydrogens is 258 g/mol. The van der Waals surface area contributed by atoms with E-state index in [4.69, 9.17) is 0 Å². The van der Waals surface area contributed by atoms with Crippen LogP contribution in [-0.2, 0) is 6.42 Å². The summed E-state index contributed by atoms with van der Waals surface area (Å²) in [5.74, 6) is 0. The van der Waals surface area contributed by atoms with Crippen LogP contribution in [-0.4, -0.2) is 4.57 Å². The summed E-state index contributed by atoms with van der Waals surface area (Å²) >= 11 is 0. The van der Waals surface area contributed by atoms with Crippen LogP contribution < -0.4 is 5.43 Å². The Bertz CT molecular complexity index is 723. The lowest BCUT2D eigenvalue weighted by Crippen LogP contribution is -2.12. The first-order chi connectivity index (χ1) is 10.2. The highest BCUT2D eigenvalue weighted by atomic mass is 16.1. The number of pyridine rings is 1. The first kappa shape index (κ1) is 13.9. The van der Waals surface area contributed by atoms with Gasteiger partial charge in [0.15, 0.2) is 5.43 Å². The van der Waals surface area contributed by atoms with Gasteiger partial charge in [0.2, 0.25) is 0 Å². The molecule has 0 saturated carbocycles. The van der Waals surface area contributed by atoms with E-state index in [1.165, 1.54) is 5.69 Å². The number of aromatic nitrogens is 1. The number of nitrogens with zero attached hydrogens (tertiary/aromatic N) is 1. The average Bonchev–Trinajstić information content (AvgIpc) is 2.91. The maximum absolute atomic E-state index is 12.3. The Labute approximate surface area is 125 Å². The van der Waals surface area contributed by atoms with Crippen molar-refractivity contribution in [1.29, 1.82) is 0 Å². The Morgan fingerprint density at radius 2 is 2.24 bits per heavy atom. The number of aryl methyl sites for hydroxylation is 1. The second kappa shape index (κ2) is 5.72. The Balaban J connectivity index is 2.13. The lowest BCUT2D eigenvalue weighted by atomic mass is 10.0. The molecule has 2 heterocycles. The molecule has 3 aliphatic rings. The first-order valence-electron chi connectivity index (χ1n) is 7.72. The fraction of sp³-hybridized carbons (Fsp3) is 0.316. The number of benzene rings is 1. The topological polar surface area (TPSA) is 22.0 Å². The number of allylic oxidation sites excluding steroid dienone is 2. The van der Waals surface area contributed by atoms with Crippen LogP contribution in [0, 0.1) is 0 Å². The van der Waals surface area contributed by atoms with Crippen molar-refractivity contribution in [3.05, 3.63) is 64.5 Å². The highest BCUT2D eigenvalue weighted by Gasteiger charge is 2.22. The normalized spacial score (nSPS) is 17.5. The molecule has 3 rings (SSSR count). The van der Waals surface area contributed by atoms with Crippen molar-refractivity contribution in [3.8, 4) is 11.3 Å². The van der Waals surface area contributed by atoms with E-state index >= 15 is 0 Å². The summed E-state index contributed by atoms with van der Waals surface area (Å²) in [5, 5.41) is 0. The van der Waals surface area contributed by atoms with Crippen molar-refractivity contribution in [2.75, 3.05) is 0 Å². The minimum absolute atomic E-state index is 0.102. The molecule has 0 aromatic carbocycles. The molecule has 1 atom stereocenters. The lowest BCUT2D eigenvalue weighted by molar-refractivity contribution is 0.645. The summed E-state index contributed by atoms with van der Waals surface area (Å²) in [6, 6.07) is 8.41. The second-order valence-corrected chi connectivity index (χ2v) is 5.68. The van der Waals surface area contributed by atoms with Gasteiger partial charge in [0.25, 0.3) is 0 Å². The van der Waals surface area contributed by atoms with Crippen LogP contribution in [0.25, 0.3) is 17.3 Å². The van der Waals surface area contributed by atoms with Crippen LogP contribution in [0.2, 0.25) is 0 Å². The molecule has 21 heavy (non-hydrogen) atoms. The third-order valence-corrected chi connectivity index (χ3v) is 4.24. The molecule has 0 unspecified atom stereocenters. The van der Waals surface area contributed by atoms with Crippen LogP contribution >= 0.6 is 0 Å². The zero-order chi connectivity index (χ0) is 14.8. The van der Waals surface area contributed by atoms with Gasteiger partial charge >= 0.3 is 0 Å². The number of rotatable bonds is 4. The van der Waals surface area contributed by atoms with E-state index in [1.54, 1.807) is 6.07 Å². The van der Waals surface area contributed by atoms with Gasteiger partial charge < -0.3 is 4.57 Å². The van der Waals surface area contributed by atoms with Crippen LogP contribution in [0.4, 0.5) is 0 Å². The molecule has 2 aliphatic heterocycles. The second-order valence-electron chi connectivity index (χ2n) is 5.68. The van der Waals surface area contributed by atoms with Gasteiger partial charge in [0.05, 0.1) is 11.7 Å². The molecule has 0 spiro atoms. The Hall–Kier alpha value is -2.09. The van der Waals surface area contributed by atoms with Gasteiger partial charge in [-0.15, -0.1) is 6.58 Å². The minimum Gasteiger partial charge on any atom is -0.338 e. The molecule has 0 bridgehead atoms. The predicted octanol–water partition coefficient (Wildman–Crippen LogP) is 4.44. The number of hydrogen-bond acceptors (Lipinski definition) is 1. The highest BCUT2D eigenvalue weighted by molar-refractivity contribution is 5.68. The van der Waals surface area contributed by atoms with Crippen molar-refractivity contribution in [3.63, 3.8) is 0 Å². The molecule has 0 aromatic rings. The van der Waals surface area contributed by atoms with E-state index in [2.05, 4.69) is 36.3 Å². The Kier molecular flexibility index (Phi) is 3.78. The zero-order valence-electron chi connectivity index (χ0n) is 12.5. The molecule has 0 radical (unpaired) electrons. The molecule has 0 saturated heterocycles. The molecular formula is C19H21NO. The molecule has 0 aromatic heterocycles. The summed E-state index contributed by atoms with van der Waals surface area (Å²) in [6.07, 6.45) is 10.3. The number of hydrogen-bond donors (Lipinski definition) is 0. The summed E-state index contributed by atoms with van der Waals surface area (Å²) in [4.78, 5) is 12.3. The van der Waals surface area contributed by atoms with Crippen molar-refractivity contribution in [1.82, 2.24) is 4.57 Å². The number of fused-ring (bicyclic) bond motifs is 3. The van der Waals surface area contributed by atoms with Gasteiger partial charge in [-0.3, -0.25) is 4.79 Å². The maximum Gasteiger partial charge on any atom is 0.187 e. The van der Waals surface area contributed by atoms with Crippen LogP contribution in [0.3, 0.4) is 0 Å². The smallest absolute Gasteiger partial charge is 0.187 e. The quantitative estimate of drug-likeness (QED) is 0.758. The van der Waals surface area contributed by atoms with E-state index in [0.717, 1.165) is 42.5 Å². The highest BCUT2D eigenvalue weighted by Crippen LogP contribution is 2.34. The van der Waals surface area contributed by atoms with E-state index in [9.17, 15) is 4.79 Å². The molecule has 0 N–H and O–H groups in total. The SMILES string of the molecule is C=C[C@@H]1CCc2ccc3cc(/C=C/CCC)c(=O)cc-3n21. The Morgan fingerprint density at radius 1 is 1.38 bits per heavy atom. The van der Waals surface area contributed by atoms with Crippen LogP contribution in [0.15, 0.2) is 47.8 Å². The van der Waals surface area contributed by atoms with Crippen molar-refractivity contribution in [2.45, 2.75) is 38.6 Å². The fourth-order valence-electron chi connectivity index (χ4n) is 3.12. The fourth-order valence-corrected chi connectivity index (χ4v) is 3.12. The van der Waals surface area contributed by atoms with Crippen molar-refractivity contribution < 1.29 is 0 Å². The summed E-state index contributed by atoms with van der Waals surface area (Å²) in [7, 11) is 0. The molecule has 1 aliphatic carbocycles. The summed E-state index contributed by atoms with van der Waals surface area (Å²) in [6.45, 7) is 6.07. The van der Waals surface area contributed by atoms with Crippen molar-refractivity contribution in [2.24, 2.45) is 0 Å². The van der Waals surface area contributed by atoms with Gasteiger partial charge in [-0.25, -0.2) is 0 Å². The van der Waals surface area contributed by atoms with E-state index in [0.29, 0.717) is 6.04 Å². The summed E-state index contributed by atoms with van der Waals surface area (Å²) in [5.41, 5.74) is 4.34. The van der Waals surface area contributed by atoms with E-state index in [-0.39, 0.29) is 5.43 Å². The predicted molar refractivity (Wildman–Crippen MR) is 88.8 cm³/mol. The maximum atomic E-state index is 12.3. The van der Waals surface area contributed by atoms with Crippen molar-refractivity contribution >= 4 is 6.08 Å². The third-order valence-electron chi connectivity index (χ3n) is 4.24. The largest absolute Gasteiger partial charge is 0.338 e. The molecule has 2 heteroatoms. The van der Waals surface area contributed by atoms with E-state index in [1.807, 2.05) is 18.2 Å². The standard InChI is InChI=1S/C19H21NO/c1-3-5-6-7-15-12-14-8-9-17-11-10-16(4-2)20(17)18(14)13-19(15)21/h4,6-9,12-13,16H,2-3,5,10-11H2,1H3/b7-6+/t16-/m1/s1. The molecule has 108 valence electrons. The summed E-state index contributed by atoms with van der Waals surface area (Å²) < 4.78 is 2.27. The third kappa shape index (κ3) is 2.46. The van der Waals surface area contributed by atoms with Crippen LogP contribution in [0.1, 0.15) is 43.5 Å². The van der Waals surface area contributed by atoms with Gasteiger partial charge in [-0.2, -0.15) is 0 Å². The lowest BCUT2D eigenvalue weighted by Gasteiger charge is -2.19. The monoisotopic (exact) mass is 279 g/mol. The first-order valence-corrected chi connectivity index (χ1v) is 7.72. The van der Waals surface area contributed by atoms with Gasteiger partial charge in [0.1, 0.15) is 0 Å². The van der Waals surface area contributed by atoms with Gasteiger partial charge in [-0.05, 0) is 37.0 Å². The zero-order valence-corrected chi connectivity index (χ0v) is 12.5. The molecule has 2 nitrogen and oxygen atoms in total. The van der Waals surface area contributed by atoms with Gasteiger partial charge in [-0.1, -0.05) is 37.6 Å². The van der Waals surface area contributed by atoms with Gasteiger partial charge in [0, 0.05) is 17.3 Å². The molecule has 0 fully saturated rings. The van der Waals surface area contributed by atoms with E-state index < -0.39 is 0 Å². The average molecular weight is 279 g/mol. The Morgan fingerprint density at radius 3 is 3.00 bits per heavy atom. The molecule has 0 amide bonds. The minimum atomic E-state index is 0.102. The number of unbranched alkanes of at least 4 members (excludes halogenated alkanes) is 1. The van der Waals surface area contributed by atoms with Crippen LogP contribution in [0.5, 0.6) is 0 Å².